The molecule has 1 fully saturated rings. The second-order valence-electron chi connectivity index (χ2n) is 9.35. The summed E-state index contributed by atoms with van der Waals surface area (Å²) in [5.41, 5.74) is 9.90. The summed E-state index contributed by atoms with van der Waals surface area (Å²) in [6.45, 7) is 4.72. The van der Waals surface area contributed by atoms with Crippen molar-refractivity contribution in [3.05, 3.63) is 83.4 Å². The molecule has 0 spiro atoms. The Labute approximate surface area is 175 Å². The van der Waals surface area contributed by atoms with Crippen molar-refractivity contribution in [2.75, 3.05) is 11.9 Å². The van der Waals surface area contributed by atoms with Crippen LogP contribution in [0.25, 0.3) is 11.1 Å². The largest absolute Gasteiger partial charge is 0.344 e. The Balaban J connectivity index is 1.55. The Morgan fingerprint density at radius 1 is 0.759 bits per heavy atom. The Morgan fingerprint density at radius 3 is 2.28 bits per heavy atom. The summed E-state index contributed by atoms with van der Waals surface area (Å²) in [7, 11) is 2.23. The lowest BCUT2D eigenvalue weighted by Gasteiger charge is -2.30. The quantitative estimate of drug-likeness (QED) is 0.447. The molecule has 5 rings (SSSR count). The zero-order valence-electron chi connectivity index (χ0n) is 17.9. The molecule has 0 heterocycles. The molecule has 0 atom stereocenters. The summed E-state index contributed by atoms with van der Waals surface area (Å²) >= 11 is 0. The normalized spacial score (nSPS) is 17.6. The van der Waals surface area contributed by atoms with Gasteiger partial charge in [-0.2, -0.15) is 0 Å². The molecule has 0 aromatic heterocycles. The van der Waals surface area contributed by atoms with E-state index < -0.39 is 0 Å². The monoisotopic (exact) mass is 381 g/mol. The Bertz CT molecular complexity index is 1040. The predicted octanol–water partition coefficient (Wildman–Crippen LogP) is 7.81. The molecule has 1 nitrogen and oxygen atoms in total. The number of rotatable bonds is 3. The van der Waals surface area contributed by atoms with Gasteiger partial charge in [-0.05, 0) is 64.8 Å². The van der Waals surface area contributed by atoms with Crippen LogP contribution in [0.15, 0.2) is 66.7 Å². The van der Waals surface area contributed by atoms with E-state index >= 15 is 0 Å². The van der Waals surface area contributed by atoms with Crippen molar-refractivity contribution in [2.45, 2.75) is 57.3 Å². The van der Waals surface area contributed by atoms with Gasteiger partial charge in [0, 0.05) is 23.8 Å². The molecule has 0 unspecified atom stereocenters. The maximum absolute atomic E-state index is 2.42. The van der Waals surface area contributed by atoms with E-state index in [9.17, 15) is 0 Å². The minimum absolute atomic E-state index is 0.0473. The minimum atomic E-state index is 0.0473. The zero-order chi connectivity index (χ0) is 20.0. The van der Waals surface area contributed by atoms with Crippen LogP contribution in [0.3, 0.4) is 0 Å². The molecule has 3 aromatic carbocycles. The number of anilines is 2. The summed E-state index contributed by atoms with van der Waals surface area (Å²) in [6, 6.07) is 25.0. The molecule has 1 heteroatoms. The van der Waals surface area contributed by atoms with Crippen molar-refractivity contribution in [1.29, 1.82) is 0 Å². The maximum Gasteiger partial charge on any atom is 0.0443 e. The fourth-order valence-electron chi connectivity index (χ4n) is 5.59. The Hall–Kier alpha value is -2.54. The molecule has 0 aliphatic heterocycles. The Kier molecular flexibility index (Phi) is 4.50. The molecule has 2 aliphatic rings. The number of hydrogen-bond donors (Lipinski definition) is 0. The topological polar surface area (TPSA) is 3.24 Å². The lowest BCUT2D eigenvalue weighted by atomic mass is 9.82. The van der Waals surface area contributed by atoms with Gasteiger partial charge in [0.15, 0.2) is 0 Å². The third-order valence-electron chi connectivity index (χ3n) is 7.30. The van der Waals surface area contributed by atoms with Crippen LogP contribution in [0.1, 0.15) is 68.6 Å². The highest BCUT2D eigenvalue weighted by atomic mass is 15.1. The van der Waals surface area contributed by atoms with E-state index in [1.54, 1.807) is 0 Å². The molecule has 148 valence electrons. The smallest absolute Gasteiger partial charge is 0.0443 e. The Morgan fingerprint density at radius 2 is 1.45 bits per heavy atom. The van der Waals surface area contributed by atoms with Crippen LogP contribution in [0.2, 0.25) is 0 Å². The van der Waals surface area contributed by atoms with E-state index in [2.05, 4.69) is 92.5 Å². The number of benzene rings is 3. The highest BCUT2D eigenvalue weighted by Crippen LogP contribution is 2.50. The second-order valence-corrected chi connectivity index (χ2v) is 9.35. The molecule has 2 aliphatic carbocycles. The van der Waals surface area contributed by atoms with Crippen LogP contribution in [0.5, 0.6) is 0 Å². The molecular formula is C28H31N. The van der Waals surface area contributed by atoms with Gasteiger partial charge in [0.1, 0.15) is 0 Å². The summed E-state index contributed by atoms with van der Waals surface area (Å²) in [5, 5.41) is 0. The average molecular weight is 382 g/mol. The molecule has 0 N–H and O–H groups in total. The van der Waals surface area contributed by atoms with Gasteiger partial charge < -0.3 is 4.90 Å². The van der Waals surface area contributed by atoms with Crippen molar-refractivity contribution in [3.63, 3.8) is 0 Å². The van der Waals surface area contributed by atoms with Crippen LogP contribution < -0.4 is 4.90 Å². The SMILES string of the molecule is CN(c1ccc2c(c1)C(C)(C)c1ccccc1-2)c1ccccc1C1CCCCC1. The third-order valence-corrected chi connectivity index (χ3v) is 7.30. The molecule has 0 amide bonds. The van der Waals surface area contributed by atoms with Gasteiger partial charge in [-0.1, -0.05) is 81.6 Å². The second kappa shape index (κ2) is 7.06. The first-order valence-electron chi connectivity index (χ1n) is 11.1. The molecule has 3 aromatic rings. The molecular weight excluding hydrogens is 350 g/mol. The van der Waals surface area contributed by atoms with E-state index in [0.29, 0.717) is 5.92 Å². The van der Waals surface area contributed by atoms with Gasteiger partial charge in [-0.25, -0.2) is 0 Å². The van der Waals surface area contributed by atoms with Crippen LogP contribution in [-0.2, 0) is 5.41 Å². The summed E-state index contributed by atoms with van der Waals surface area (Å²) < 4.78 is 0. The van der Waals surface area contributed by atoms with Gasteiger partial charge in [0.2, 0.25) is 0 Å². The summed E-state index contributed by atoms with van der Waals surface area (Å²) in [4.78, 5) is 2.41. The highest BCUT2D eigenvalue weighted by Gasteiger charge is 2.35. The van der Waals surface area contributed by atoms with Crippen molar-refractivity contribution >= 4 is 11.4 Å². The fourth-order valence-corrected chi connectivity index (χ4v) is 5.59. The van der Waals surface area contributed by atoms with Crippen molar-refractivity contribution < 1.29 is 0 Å². The van der Waals surface area contributed by atoms with Gasteiger partial charge in [-0.3, -0.25) is 0 Å². The maximum atomic E-state index is 2.42. The van der Waals surface area contributed by atoms with Crippen LogP contribution in [0.4, 0.5) is 11.4 Å². The van der Waals surface area contributed by atoms with E-state index in [-0.39, 0.29) is 5.41 Å². The van der Waals surface area contributed by atoms with Crippen LogP contribution in [-0.4, -0.2) is 7.05 Å². The highest BCUT2D eigenvalue weighted by molar-refractivity contribution is 5.83. The first-order valence-corrected chi connectivity index (χ1v) is 11.1. The predicted molar refractivity (Wildman–Crippen MR) is 124 cm³/mol. The number of nitrogens with zero attached hydrogens (tertiary/aromatic N) is 1. The number of fused-ring (bicyclic) bond motifs is 3. The van der Waals surface area contributed by atoms with Crippen molar-refractivity contribution in [1.82, 2.24) is 0 Å². The minimum Gasteiger partial charge on any atom is -0.344 e. The first kappa shape index (κ1) is 18.5. The zero-order valence-corrected chi connectivity index (χ0v) is 17.9. The molecule has 0 radical (unpaired) electrons. The third kappa shape index (κ3) is 2.99. The molecule has 1 saturated carbocycles. The standard InChI is InChI=1S/C28H31N/c1-28(2)25-15-9-7-14-23(25)24-18-17-21(19-26(24)28)29(3)27-16-10-8-13-22(27)20-11-5-4-6-12-20/h7-10,13-20H,4-6,11-12H2,1-3H3. The number of para-hydroxylation sites is 1. The van der Waals surface area contributed by atoms with Crippen molar-refractivity contribution in [2.24, 2.45) is 0 Å². The van der Waals surface area contributed by atoms with Crippen molar-refractivity contribution in [3.8, 4) is 11.1 Å². The van der Waals surface area contributed by atoms with Gasteiger partial charge >= 0.3 is 0 Å². The summed E-state index contributed by atoms with van der Waals surface area (Å²) in [5.74, 6) is 0.706. The first-order chi connectivity index (χ1) is 14.1. The van der Waals surface area contributed by atoms with Gasteiger partial charge in [0.25, 0.3) is 0 Å². The average Bonchev–Trinajstić information content (AvgIpc) is 3.01. The number of hydrogen-bond acceptors (Lipinski definition) is 1. The molecule has 0 saturated heterocycles. The summed E-state index contributed by atoms with van der Waals surface area (Å²) in [6.07, 6.45) is 6.80. The van der Waals surface area contributed by atoms with E-state index in [4.69, 9.17) is 0 Å². The van der Waals surface area contributed by atoms with Crippen LogP contribution in [0, 0.1) is 0 Å². The van der Waals surface area contributed by atoms with E-state index in [1.165, 1.54) is 71.3 Å². The van der Waals surface area contributed by atoms with Gasteiger partial charge in [0.05, 0.1) is 0 Å². The van der Waals surface area contributed by atoms with Crippen LogP contribution >= 0.6 is 0 Å². The lowest BCUT2D eigenvalue weighted by Crippen LogP contribution is -2.17. The van der Waals surface area contributed by atoms with E-state index in [0.717, 1.165) is 0 Å². The molecule has 29 heavy (non-hydrogen) atoms. The molecule has 0 bridgehead atoms. The fraction of sp³-hybridized carbons (Fsp3) is 0.357. The lowest BCUT2D eigenvalue weighted by molar-refractivity contribution is 0.444. The van der Waals surface area contributed by atoms with Gasteiger partial charge in [-0.15, -0.1) is 0 Å². The van der Waals surface area contributed by atoms with E-state index in [1.807, 2.05) is 0 Å².